The van der Waals surface area contributed by atoms with Gasteiger partial charge in [-0.2, -0.15) is 0 Å². The molecule has 13 heavy (non-hydrogen) atoms. The molecule has 1 aromatic heterocycles. The van der Waals surface area contributed by atoms with Gasteiger partial charge in [-0.15, -0.1) is 0 Å². The van der Waals surface area contributed by atoms with E-state index in [2.05, 4.69) is 20.9 Å². The molecule has 0 atom stereocenters. The number of halogens is 1. The van der Waals surface area contributed by atoms with E-state index in [1.54, 1.807) is 6.20 Å². The predicted octanol–water partition coefficient (Wildman–Crippen LogP) is 3.58. The van der Waals surface area contributed by atoms with Gasteiger partial charge in [0.2, 0.25) is 5.88 Å². The van der Waals surface area contributed by atoms with E-state index in [1.807, 2.05) is 26.8 Å². The molecule has 0 radical (unpaired) electrons. The van der Waals surface area contributed by atoms with Crippen molar-refractivity contribution in [3.05, 3.63) is 22.3 Å². The molecule has 0 spiro atoms. The van der Waals surface area contributed by atoms with Gasteiger partial charge in [-0.1, -0.05) is 7.43 Å². The molecule has 1 rings (SSSR count). The maximum Gasteiger partial charge on any atom is 0.216 e. The maximum absolute atomic E-state index is 5.47. The molecule has 0 N–H and O–H groups in total. The summed E-state index contributed by atoms with van der Waals surface area (Å²) >= 11 is 3.34. The summed E-state index contributed by atoms with van der Waals surface area (Å²) in [6.45, 7) is 5.96. The van der Waals surface area contributed by atoms with E-state index >= 15 is 0 Å². The zero-order valence-electron chi connectivity index (χ0n) is 7.47. The quantitative estimate of drug-likeness (QED) is 0.795. The standard InChI is InChI=1S/C9H12BrNO.CH4/c1-6(2)12-9-7(3)4-8(10)5-11-9;/h4-6H,1-3H3;1H4. The van der Waals surface area contributed by atoms with Crippen molar-refractivity contribution in [3.8, 4) is 5.88 Å². The summed E-state index contributed by atoms with van der Waals surface area (Å²) in [5.74, 6) is 0.716. The van der Waals surface area contributed by atoms with Crippen LogP contribution in [0.25, 0.3) is 0 Å². The van der Waals surface area contributed by atoms with Crippen LogP contribution in [-0.2, 0) is 0 Å². The monoisotopic (exact) mass is 245 g/mol. The molecule has 0 amide bonds. The van der Waals surface area contributed by atoms with Crippen LogP contribution in [-0.4, -0.2) is 11.1 Å². The first kappa shape index (κ1) is 12.4. The van der Waals surface area contributed by atoms with Crippen LogP contribution in [0.1, 0.15) is 26.8 Å². The first-order chi connectivity index (χ1) is 5.59. The molecule has 0 aromatic carbocycles. The molecule has 0 saturated heterocycles. The highest BCUT2D eigenvalue weighted by Crippen LogP contribution is 2.19. The molecule has 0 saturated carbocycles. The van der Waals surface area contributed by atoms with Crippen molar-refractivity contribution in [3.63, 3.8) is 0 Å². The second-order valence-electron chi connectivity index (χ2n) is 2.94. The van der Waals surface area contributed by atoms with Crippen LogP contribution in [0.2, 0.25) is 0 Å². The molecule has 0 aliphatic rings. The first-order valence-corrected chi connectivity index (χ1v) is 4.67. The molecule has 0 aliphatic carbocycles. The van der Waals surface area contributed by atoms with Crippen LogP contribution in [0.15, 0.2) is 16.7 Å². The Morgan fingerprint density at radius 3 is 2.54 bits per heavy atom. The summed E-state index contributed by atoms with van der Waals surface area (Å²) < 4.78 is 6.45. The Balaban J connectivity index is 0.00000144. The highest BCUT2D eigenvalue weighted by Gasteiger charge is 2.03. The van der Waals surface area contributed by atoms with Crippen LogP contribution < -0.4 is 4.74 Å². The highest BCUT2D eigenvalue weighted by atomic mass is 79.9. The Labute approximate surface area is 88.5 Å². The maximum atomic E-state index is 5.47. The minimum atomic E-state index is 0. The van der Waals surface area contributed by atoms with E-state index in [0.717, 1.165) is 10.0 Å². The van der Waals surface area contributed by atoms with E-state index in [1.165, 1.54) is 0 Å². The Bertz CT molecular complexity index is 274. The topological polar surface area (TPSA) is 22.1 Å². The molecule has 0 fully saturated rings. The van der Waals surface area contributed by atoms with E-state index in [9.17, 15) is 0 Å². The Kier molecular flexibility index (Phi) is 4.99. The van der Waals surface area contributed by atoms with Crippen molar-refractivity contribution in [2.45, 2.75) is 34.3 Å². The molecule has 1 aromatic rings. The zero-order valence-corrected chi connectivity index (χ0v) is 9.05. The van der Waals surface area contributed by atoms with Gasteiger partial charge in [0.15, 0.2) is 0 Å². The third-order valence-corrected chi connectivity index (χ3v) is 1.78. The summed E-state index contributed by atoms with van der Waals surface area (Å²) in [5.41, 5.74) is 1.05. The summed E-state index contributed by atoms with van der Waals surface area (Å²) in [6, 6.07) is 1.99. The number of hydrogen-bond donors (Lipinski definition) is 0. The van der Waals surface area contributed by atoms with Crippen LogP contribution in [0, 0.1) is 6.92 Å². The molecule has 1 heterocycles. The number of nitrogens with zero attached hydrogens (tertiary/aromatic N) is 1. The minimum absolute atomic E-state index is 0. The van der Waals surface area contributed by atoms with E-state index < -0.39 is 0 Å². The van der Waals surface area contributed by atoms with E-state index in [4.69, 9.17) is 4.74 Å². The van der Waals surface area contributed by atoms with Gasteiger partial charge in [-0.3, -0.25) is 0 Å². The van der Waals surface area contributed by atoms with Crippen molar-refractivity contribution in [2.24, 2.45) is 0 Å². The molecule has 0 bridgehead atoms. The smallest absolute Gasteiger partial charge is 0.216 e. The van der Waals surface area contributed by atoms with Crippen LogP contribution in [0.3, 0.4) is 0 Å². The molecular weight excluding hydrogens is 230 g/mol. The minimum Gasteiger partial charge on any atom is -0.475 e. The van der Waals surface area contributed by atoms with Gasteiger partial charge in [0, 0.05) is 16.2 Å². The zero-order chi connectivity index (χ0) is 9.14. The highest BCUT2D eigenvalue weighted by molar-refractivity contribution is 9.10. The number of aromatic nitrogens is 1. The molecule has 0 aliphatic heterocycles. The van der Waals surface area contributed by atoms with Crippen molar-refractivity contribution in [1.82, 2.24) is 4.98 Å². The lowest BCUT2D eigenvalue weighted by Crippen LogP contribution is -2.07. The Morgan fingerprint density at radius 1 is 1.46 bits per heavy atom. The van der Waals surface area contributed by atoms with Gasteiger partial charge < -0.3 is 4.74 Å². The Morgan fingerprint density at radius 2 is 2.08 bits per heavy atom. The summed E-state index contributed by atoms with van der Waals surface area (Å²) in [7, 11) is 0. The normalized spacial score (nSPS) is 9.62. The largest absolute Gasteiger partial charge is 0.475 e. The van der Waals surface area contributed by atoms with E-state index in [-0.39, 0.29) is 13.5 Å². The summed E-state index contributed by atoms with van der Waals surface area (Å²) in [6.07, 6.45) is 1.92. The van der Waals surface area contributed by atoms with Crippen molar-refractivity contribution < 1.29 is 4.74 Å². The van der Waals surface area contributed by atoms with Gasteiger partial charge >= 0.3 is 0 Å². The first-order valence-electron chi connectivity index (χ1n) is 3.88. The van der Waals surface area contributed by atoms with Gasteiger partial charge in [0.25, 0.3) is 0 Å². The number of hydrogen-bond acceptors (Lipinski definition) is 2. The van der Waals surface area contributed by atoms with Crippen molar-refractivity contribution >= 4 is 15.9 Å². The van der Waals surface area contributed by atoms with Crippen molar-refractivity contribution in [1.29, 1.82) is 0 Å². The third kappa shape index (κ3) is 3.77. The van der Waals surface area contributed by atoms with Gasteiger partial charge in [-0.05, 0) is 42.8 Å². The molecule has 3 heteroatoms. The SMILES string of the molecule is C.Cc1cc(Br)cnc1OC(C)C. The third-order valence-electron chi connectivity index (χ3n) is 1.34. The molecule has 0 unspecified atom stereocenters. The number of ether oxygens (including phenoxy) is 1. The molecular formula is C10H16BrNO. The molecule has 2 nitrogen and oxygen atoms in total. The average molecular weight is 246 g/mol. The fourth-order valence-electron chi connectivity index (χ4n) is 0.875. The number of pyridine rings is 1. The van der Waals surface area contributed by atoms with Crippen LogP contribution in [0.5, 0.6) is 5.88 Å². The van der Waals surface area contributed by atoms with Crippen LogP contribution >= 0.6 is 15.9 Å². The second kappa shape index (κ2) is 5.22. The second-order valence-corrected chi connectivity index (χ2v) is 3.86. The van der Waals surface area contributed by atoms with Gasteiger partial charge in [-0.25, -0.2) is 4.98 Å². The molecule has 74 valence electrons. The van der Waals surface area contributed by atoms with Gasteiger partial charge in [0.05, 0.1) is 6.10 Å². The average Bonchev–Trinajstić information content (AvgIpc) is 1.94. The lowest BCUT2D eigenvalue weighted by Gasteiger charge is -2.10. The van der Waals surface area contributed by atoms with Crippen LogP contribution in [0.4, 0.5) is 0 Å². The predicted molar refractivity (Wildman–Crippen MR) is 59.2 cm³/mol. The Hall–Kier alpha value is -0.570. The summed E-state index contributed by atoms with van der Waals surface area (Å²) in [5, 5.41) is 0. The number of aryl methyl sites for hydroxylation is 1. The van der Waals surface area contributed by atoms with Gasteiger partial charge in [0.1, 0.15) is 0 Å². The van der Waals surface area contributed by atoms with E-state index in [0.29, 0.717) is 5.88 Å². The fraction of sp³-hybridized carbons (Fsp3) is 0.500. The summed E-state index contributed by atoms with van der Waals surface area (Å²) in [4.78, 5) is 4.15. The lowest BCUT2D eigenvalue weighted by molar-refractivity contribution is 0.231. The fourth-order valence-corrected chi connectivity index (χ4v) is 1.32. The lowest BCUT2D eigenvalue weighted by atomic mass is 10.3. The van der Waals surface area contributed by atoms with Crippen molar-refractivity contribution in [2.75, 3.05) is 0 Å². The number of rotatable bonds is 2.